The molecule has 0 radical (unpaired) electrons. The Labute approximate surface area is 203 Å². The van der Waals surface area contributed by atoms with Crippen LogP contribution in [0.2, 0.25) is 0 Å². The molecule has 0 fully saturated rings. The fourth-order valence-corrected chi connectivity index (χ4v) is 4.75. The van der Waals surface area contributed by atoms with E-state index in [0.717, 1.165) is 5.56 Å². The summed E-state index contributed by atoms with van der Waals surface area (Å²) in [7, 11) is -1.29. The van der Waals surface area contributed by atoms with Gasteiger partial charge in [0.05, 0.1) is 11.3 Å². The lowest BCUT2D eigenvalue weighted by molar-refractivity contribution is -0.113. The maximum Gasteiger partial charge on any atom is 0.270 e. The molecule has 1 aromatic heterocycles. The van der Waals surface area contributed by atoms with E-state index in [1.165, 1.54) is 37.2 Å². The van der Waals surface area contributed by atoms with E-state index in [1.54, 1.807) is 0 Å². The Bertz CT molecular complexity index is 1330. The molecule has 5 N–H and O–H groups in total. The summed E-state index contributed by atoms with van der Waals surface area (Å²) < 4.78 is 33.6. The van der Waals surface area contributed by atoms with E-state index in [1.807, 2.05) is 33.8 Å². The first-order chi connectivity index (χ1) is 16.2. The maximum absolute atomic E-state index is 12.8. The third-order valence-electron chi connectivity index (χ3n) is 5.50. The van der Waals surface area contributed by atoms with Gasteiger partial charge in [0.1, 0.15) is 23.3 Å². The number of furan rings is 1. The lowest BCUT2D eigenvalue weighted by atomic mass is 10.0. The van der Waals surface area contributed by atoms with Crippen molar-refractivity contribution in [2.24, 2.45) is 16.6 Å². The van der Waals surface area contributed by atoms with Crippen LogP contribution in [0.3, 0.4) is 0 Å². The predicted molar refractivity (Wildman–Crippen MR) is 131 cm³/mol. The SMILES string of the molecule is Cc1cc([C@H](N=C2NS(=O)(=O)C(C(N)=O)=C2Nc2cccc(C(=O)N(C)C)c2O)C(C)C)oc1C. The molecule has 1 atom stereocenters. The summed E-state index contributed by atoms with van der Waals surface area (Å²) in [6.07, 6.45) is 0. The number of anilines is 1. The van der Waals surface area contributed by atoms with Gasteiger partial charge in [-0.2, -0.15) is 0 Å². The summed E-state index contributed by atoms with van der Waals surface area (Å²) in [6, 6.07) is 5.57. The number of rotatable bonds is 7. The van der Waals surface area contributed by atoms with Gasteiger partial charge in [-0.15, -0.1) is 0 Å². The van der Waals surface area contributed by atoms with E-state index in [2.05, 4.69) is 15.0 Å². The quantitative estimate of drug-likeness (QED) is 0.420. The number of aliphatic imine (C=N–C) groups is 1. The Morgan fingerprint density at radius 3 is 2.40 bits per heavy atom. The van der Waals surface area contributed by atoms with Crippen LogP contribution in [0.5, 0.6) is 5.75 Å². The largest absolute Gasteiger partial charge is 0.505 e. The van der Waals surface area contributed by atoms with E-state index in [9.17, 15) is 23.1 Å². The zero-order chi connectivity index (χ0) is 26.2. The molecule has 2 aromatic rings. The summed E-state index contributed by atoms with van der Waals surface area (Å²) in [5.74, 6) is -1.16. The number of sulfonamides is 1. The van der Waals surface area contributed by atoms with Crippen LogP contribution < -0.4 is 15.8 Å². The molecule has 12 heteroatoms. The Morgan fingerprint density at radius 2 is 1.89 bits per heavy atom. The number of aryl methyl sites for hydroxylation is 2. The number of nitrogens with one attached hydrogen (secondary N) is 2. The Hall–Kier alpha value is -3.80. The topological polar surface area (TPSA) is 167 Å². The van der Waals surface area contributed by atoms with Gasteiger partial charge in [-0.1, -0.05) is 19.9 Å². The lowest BCUT2D eigenvalue weighted by Crippen LogP contribution is -2.28. The van der Waals surface area contributed by atoms with Crippen LogP contribution in [-0.2, 0) is 14.8 Å². The number of carbonyl (C=O) groups is 2. The molecule has 0 saturated carbocycles. The highest BCUT2D eigenvalue weighted by atomic mass is 32.2. The number of hydrogen-bond donors (Lipinski definition) is 4. The molecule has 0 aliphatic carbocycles. The van der Waals surface area contributed by atoms with Crippen molar-refractivity contribution in [3.05, 3.63) is 57.5 Å². The van der Waals surface area contributed by atoms with Gasteiger partial charge >= 0.3 is 0 Å². The summed E-state index contributed by atoms with van der Waals surface area (Å²) in [5.41, 5.74) is 6.05. The van der Waals surface area contributed by atoms with E-state index in [0.29, 0.717) is 11.5 Å². The molecule has 1 aliphatic heterocycles. The number of aromatic hydroxyl groups is 1. The van der Waals surface area contributed by atoms with Crippen molar-refractivity contribution in [1.82, 2.24) is 9.62 Å². The molecule has 0 unspecified atom stereocenters. The second kappa shape index (κ2) is 9.45. The van der Waals surface area contributed by atoms with Crippen LogP contribution >= 0.6 is 0 Å². The predicted octanol–water partition coefficient (Wildman–Crippen LogP) is 2.14. The summed E-state index contributed by atoms with van der Waals surface area (Å²) in [5, 5.41) is 13.5. The monoisotopic (exact) mass is 503 g/mol. The van der Waals surface area contributed by atoms with Gasteiger partial charge in [-0.25, -0.2) is 8.42 Å². The van der Waals surface area contributed by atoms with Crippen molar-refractivity contribution in [3.63, 3.8) is 0 Å². The van der Waals surface area contributed by atoms with Crippen molar-refractivity contribution in [3.8, 4) is 5.75 Å². The van der Waals surface area contributed by atoms with Crippen LogP contribution in [0.1, 0.15) is 47.3 Å². The first-order valence-electron chi connectivity index (χ1n) is 10.8. The van der Waals surface area contributed by atoms with Gasteiger partial charge in [0, 0.05) is 14.1 Å². The third kappa shape index (κ3) is 5.02. The standard InChI is InChI=1S/C23H29N5O6S/c1-11(2)17(16-10-12(3)13(4)34-16)26-22-18(20(21(24)30)35(32,33)27-22)25-15-9-7-8-14(19(15)29)23(31)28(5)6/h7-11,17,25,29H,1-6H3,(H2,24,30)(H,26,27)/t17-/m1/s1. The molecule has 0 spiro atoms. The van der Waals surface area contributed by atoms with E-state index < -0.39 is 38.5 Å². The number of nitrogens with zero attached hydrogens (tertiary/aromatic N) is 2. The van der Waals surface area contributed by atoms with Crippen LogP contribution in [0.15, 0.2) is 44.3 Å². The first kappa shape index (κ1) is 25.8. The van der Waals surface area contributed by atoms with Crippen LogP contribution in [0.25, 0.3) is 0 Å². The molecule has 2 amide bonds. The molecule has 0 bridgehead atoms. The first-order valence-corrected chi connectivity index (χ1v) is 12.3. The number of nitrogens with two attached hydrogens (primary N) is 1. The van der Waals surface area contributed by atoms with Gasteiger partial charge < -0.3 is 25.5 Å². The minimum absolute atomic E-state index is 0.0103. The van der Waals surface area contributed by atoms with Crippen molar-refractivity contribution in [2.75, 3.05) is 19.4 Å². The number of carbonyl (C=O) groups excluding carboxylic acids is 2. The smallest absolute Gasteiger partial charge is 0.270 e. The van der Waals surface area contributed by atoms with Crippen molar-refractivity contribution < 1.29 is 27.5 Å². The highest BCUT2D eigenvalue weighted by Gasteiger charge is 2.39. The molecule has 11 nitrogen and oxygen atoms in total. The van der Waals surface area contributed by atoms with Crippen LogP contribution in [-0.4, -0.2) is 50.2 Å². The number of primary amides is 1. The Balaban J connectivity index is 2.17. The lowest BCUT2D eigenvalue weighted by Gasteiger charge is -2.18. The third-order valence-corrected chi connectivity index (χ3v) is 6.90. The van der Waals surface area contributed by atoms with Gasteiger partial charge in [-0.05, 0) is 43.5 Å². The van der Waals surface area contributed by atoms with Crippen LogP contribution in [0.4, 0.5) is 5.69 Å². The molecule has 188 valence electrons. The summed E-state index contributed by atoms with van der Waals surface area (Å²) >= 11 is 0. The summed E-state index contributed by atoms with van der Waals surface area (Å²) in [6.45, 7) is 7.47. The van der Waals surface area contributed by atoms with E-state index in [-0.39, 0.29) is 28.7 Å². The Morgan fingerprint density at radius 1 is 1.23 bits per heavy atom. The number of hydrogen-bond acceptors (Lipinski definition) is 8. The second-order valence-electron chi connectivity index (χ2n) is 8.75. The molecule has 1 aromatic carbocycles. The molecule has 1 aliphatic rings. The fraction of sp³-hybridized carbons (Fsp3) is 0.348. The van der Waals surface area contributed by atoms with Gasteiger partial charge in [0.2, 0.25) is 0 Å². The van der Waals surface area contributed by atoms with Crippen molar-refractivity contribution in [1.29, 1.82) is 0 Å². The molecule has 2 heterocycles. The maximum atomic E-state index is 12.8. The minimum Gasteiger partial charge on any atom is -0.505 e. The van der Waals surface area contributed by atoms with E-state index in [4.69, 9.17) is 10.2 Å². The molecular weight excluding hydrogens is 474 g/mol. The number of amides is 2. The molecular formula is C23H29N5O6S. The summed E-state index contributed by atoms with van der Waals surface area (Å²) in [4.78, 5) is 29.7. The number of benzene rings is 1. The zero-order valence-corrected chi connectivity index (χ0v) is 21.1. The molecule has 0 saturated heterocycles. The highest BCUT2D eigenvalue weighted by molar-refractivity contribution is 7.95. The number of phenolic OH excluding ortho intramolecular Hbond substituents is 1. The second-order valence-corrected chi connectivity index (χ2v) is 10.4. The van der Waals surface area contributed by atoms with Crippen LogP contribution in [0, 0.1) is 19.8 Å². The molecule has 3 rings (SSSR count). The minimum atomic E-state index is -4.34. The van der Waals surface area contributed by atoms with Gasteiger partial charge in [0.15, 0.2) is 16.5 Å². The van der Waals surface area contributed by atoms with Gasteiger partial charge in [-0.3, -0.25) is 19.3 Å². The van der Waals surface area contributed by atoms with Crippen molar-refractivity contribution >= 4 is 33.4 Å². The number of amidine groups is 1. The Kier molecular flexibility index (Phi) is 6.97. The number of para-hydroxylation sites is 1. The highest BCUT2D eigenvalue weighted by Crippen LogP contribution is 2.34. The average Bonchev–Trinajstić information content (AvgIpc) is 3.21. The fourth-order valence-electron chi connectivity index (χ4n) is 3.55. The number of phenols is 1. The van der Waals surface area contributed by atoms with Crippen molar-refractivity contribution in [2.45, 2.75) is 33.7 Å². The normalized spacial score (nSPS) is 16.9. The average molecular weight is 504 g/mol. The van der Waals surface area contributed by atoms with E-state index >= 15 is 0 Å². The zero-order valence-electron chi connectivity index (χ0n) is 20.3. The molecule has 35 heavy (non-hydrogen) atoms. The van der Waals surface area contributed by atoms with Gasteiger partial charge in [0.25, 0.3) is 21.8 Å².